The largest absolute Gasteiger partial charge is 0.460 e. The van der Waals surface area contributed by atoms with Crippen LogP contribution in [0.1, 0.15) is 112 Å². The highest BCUT2D eigenvalue weighted by molar-refractivity contribution is 5.80. The second-order valence-corrected chi connectivity index (χ2v) is 14.3. The maximum atomic E-state index is 13.3. The summed E-state index contributed by atoms with van der Waals surface area (Å²) in [6.45, 7) is 2.09. The van der Waals surface area contributed by atoms with E-state index in [1.54, 1.807) is 30.3 Å². The number of ether oxygens (including phenoxy) is 6. The minimum atomic E-state index is -0.916. The number of benzene rings is 4. The molecule has 59 heavy (non-hydrogen) atoms. The SMILES string of the molecule is CC/C=C\C[C@H](CC/C=C\CCCCCCCc1cc(OC(=O)[C@H](OC)c2ccccc2)cc(OC(=O)[C@H](OC)c2ccccc2)c1)OC(=O)[C@H](OC)c1ccccc1. The van der Waals surface area contributed by atoms with Gasteiger partial charge in [-0.1, -0.05) is 141 Å². The molecule has 0 aliphatic carbocycles. The Bertz CT molecular complexity index is 1790. The Morgan fingerprint density at radius 1 is 0.525 bits per heavy atom. The van der Waals surface area contributed by atoms with Gasteiger partial charge < -0.3 is 28.4 Å². The van der Waals surface area contributed by atoms with E-state index in [4.69, 9.17) is 28.4 Å². The molecule has 4 aromatic rings. The number of esters is 3. The lowest BCUT2D eigenvalue weighted by molar-refractivity contribution is -0.161. The van der Waals surface area contributed by atoms with E-state index in [0.29, 0.717) is 24.0 Å². The summed E-state index contributed by atoms with van der Waals surface area (Å²) < 4.78 is 34.0. The van der Waals surface area contributed by atoms with Gasteiger partial charge in [-0.3, -0.25) is 0 Å². The molecule has 0 radical (unpaired) electrons. The van der Waals surface area contributed by atoms with Gasteiger partial charge >= 0.3 is 17.9 Å². The van der Waals surface area contributed by atoms with Gasteiger partial charge in [-0.05, 0) is 79.3 Å². The van der Waals surface area contributed by atoms with Crippen LogP contribution >= 0.6 is 0 Å². The molecule has 0 aliphatic heterocycles. The van der Waals surface area contributed by atoms with E-state index < -0.39 is 30.3 Å². The number of hydrogen-bond donors (Lipinski definition) is 0. The highest BCUT2D eigenvalue weighted by atomic mass is 16.6. The Kier molecular flexibility index (Phi) is 20.9. The van der Waals surface area contributed by atoms with E-state index in [1.807, 2.05) is 78.9 Å². The first-order chi connectivity index (χ1) is 28.9. The fourth-order valence-corrected chi connectivity index (χ4v) is 6.73. The van der Waals surface area contributed by atoms with Gasteiger partial charge in [0.15, 0.2) is 18.3 Å². The molecule has 9 nitrogen and oxygen atoms in total. The number of hydrogen-bond acceptors (Lipinski definition) is 9. The number of carbonyl (C=O) groups is 3. The van der Waals surface area contributed by atoms with Crippen LogP contribution in [0.2, 0.25) is 0 Å². The van der Waals surface area contributed by atoms with Crippen LogP contribution in [-0.2, 0) is 39.8 Å². The third kappa shape index (κ3) is 16.1. The number of carbonyl (C=O) groups excluding carboxylic acids is 3. The molecule has 9 heteroatoms. The van der Waals surface area contributed by atoms with Crippen molar-refractivity contribution in [2.45, 2.75) is 102 Å². The quantitative estimate of drug-likeness (QED) is 0.0265. The minimum Gasteiger partial charge on any atom is -0.460 e. The average molecular weight is 805 g/mol. The zero-order valence-electron chi connectivity index (χ0n) is 35.0. The molecule has 0 heterocycles. The molecule has 4 aromatic carbocycles. The topological polar surface area (TPSA) is 107 Å². The van der Waals surface area contributed by atoms with Gasteiger partial charge in [0.25, 0.3) is 0 Å². The lowest BCUT2D eigenvalue weighted by Gasteiger charge is -2.20. The molecule has 314 valence electrons. The molecule has 0 spiro atoms. The maximum absolute atomic E-state index is 13.3. The van der Waals surface area contributed by atoms with E-state index >= 15 is 0 Å². The first kappa shape index (κ1) is 46.3. The Morgan fingerprint density at radius 2 is 0.983 bits per heavy atom. The molecule has 0 N–H and O–H groups in total. The van der Waals surface area contributed by atoms with Gasteiger partial charge in [-0.2, -0.15) is 0 Å². The van der Waals surface area contributed by atoms with Gasteiger partial charge in [0, 0.05) is 33.8 Å². The van der Waals surface area contributed by atoms with Crippen LogP contribution in [-0.4, -0.2) is 45.3 Å². The van der Waals surface area contributed by atoms with Crippen molar-refractivity contribution in [1.82, 2.24) is 0 Å². The lowest BCUT2D eigenvalue weighted by atomic mass is 10.0. The maximum Gasteiger partial charge on any atom is 0.345 e. The van der Waals surface area contributed by atoms with Crippen molar-refractivity contribution in [1.29, 1.82) is 0 Å². The fourth-order valence-electron chi connectivity index (χ4n) is 6.73. The summed E-state index contributed by atoms with van der Waals surface area (Å²) in [6, 6.07) is 32.9. The van der Waals surface area contributed by atoms with Gasteiger partial charge in [0.05, 0.1) is 0 Å². The normalized spacial score (nSPS) is 13.5. The predicted octanol–water partition coefficient (Wildman–Crippen LogP) is 11.1. The Balaban J connectivity index is 1.26. The Labute approximate surface area is 350 Å². The van der Waals surface area contributed by atoms with Crippen LogP contribution in [0.3, 0.4) is 0 Å². The fraction of sp³-hybridized carbons (Fsp3) is 0.380. The summed E-state index contributed by atoms with van der Waals surface area (Å²) >= 11 is 0. The van der Waals surface area contributed by atoms with E-state index in [9.17, 15) is 14.4 Å². The van der Waals surface area contributed by atoms with Crippen LogP contribution in [0, 0.1) is 0 Å². The van der Waals surface area contributed by atoms with Crippen molar-refractivity contribution in [2.75, 3.05) is 21.3 Å². The monoisotopic (exact) mass is 804 g/mol. The summed E-state index contributed by atoms with van der Waals surface area (Å²) in [5.41, 5.74) is 3.01. The van der Waals surface area contributed by atoms with Crippen LogP contribution in [0.4, 0.5) is 0 Å². The van der Waals surface area contributed by atoms with Gasteiger partial charge in [-0.15, -0.1) is 0 Å². The summed E-state index contributed by atoms with van der Waals surface area (Å²) in [6.07, 6.45) is 15.8. The van der Waals surface area contributed by atoms with Crippen molar-refractivity contribution in [3.63, 3.8) is 0 Å². The Morgan fingerprint density at radius 3 is 1.47 bits per heavy atom. The first-order valence-corrected chi connectivity index (χ1v) is 20.7. The highest BCUT2D eigenvalue weighted by Gasteiger charge is 2.26. The van der Waals surface area contributed by atoms with Crippen LogP contribution < -0.4 is 9.47 Å². The van der Waals surface area contributed by atoms with E-state index in [1.165, 1.54) is 21.3 Å². The number of unbranched alkanes of at least 4 members (excludes halogenated alkanes) is 5. The average Bonchev–Trinajstić information content (AvgIpc) is 3.24. The van der Waals surface area contributed by atoms with Crippen LogP contribution in [0.25, 0.3) is 0 Å². The molecule has 0 fully saturated rings. The third-order valence-corrected chi connectivity index (χ3v) is 9.78. The molecule has 0 aliphatic rings. The molecule has 0 unspecified atom stereocenters. The molecule has 0 saturated carbocycles. The van der Waals surface area contributed by atoms with E-state index in [2.05, 4.69) is 31.2 Å². The van der Waals surface area contributed by atoms with Crippen molar-refractivity contribution in [2.24, 2.45) is 0 Å². The predicted molar refractivity (Wildman–Crippen MR) is 230 cm³/mol. The third-order valence-electron chi connectivity index (χ3n) is 9.78. The molecule has 0 aromatic heterocycles. The van der Waals surface area contributed by atoms with Crippen molar-refractivity contribution in [3.05, 3.63) is 156 Å². The summed E-state index contributed by atoms with van der Waals surface area (Å²) in [7, 11) is 4.45. The molecule has 0 amide bonds. The number of methoxy groups -OCH3 is 3. The lowest BCUT2D eigenvalue weighted by Crippen LogP contribution is -2.24. The van der Waals surface area contributed by atoms with Crippen LogP contribution in [0.5, 0.6) is 11.5 Å². The zero-order valence-corrected chi connectivity index (χ0v) is 35.0. The van der Waals surface area contributed by atoms with Gasteiger partial charge in [-0.25, -0.2) is 14.4 Å². The number of aryl methyl sites for hydroxylation is 1. The van der Waals surface area contributed by atoms with E-state index in [0.717, 1.165) is 68.9 Å². The molecule has 0 bridgehead atoms. The van der Waals surface area contributed by atoms with Crippen molar-refractivity contribution >= 4 is 17.9 Å². The second-order valence-electron chi connectivity index (χ2n) is 14.3. The standard InChI is InChI=1S/C50H60O9/c1-5-6-17-33-42(57-48(51)45(54-2)39-27-19-14-20-28-39)34-25-13-11-9-7-8-10-12-18-26-38-35-43(58-49(52)46(55-3)40-29-21-15-22-30-40)37-44(36-38)59-50(53)47(56-4)41-31-23-16-24-32-41/h6,11,13-17,19-24,27-32,35-37,42,45-47H,5,7-10,12,18,25-26,33-34H2,1-4H3/b13-11-,17-6-/t42-,45-,46-,47-/m1/s1. The smallest absolute Gasteiger partial charge is 0.345 e. The van der Waals surface area contributed by atoms with Crippen LogP contribution in [0.15, 0.2) is 133 Å². The number of allylic oxidation sites excluding steroid dienone is 3. The first-order valence-electron chi connectivity index (χ1n) is 20.7. The highest BCUT2D eigenvalue weighted by Crippen LogP contribution is 2.29. The second kappa shape index (κ2) is 26.6. The number of rotatable bonds is 26. The molecule has 0 saturated heterocycles. The molecular weight excluding hydrogens is 745 g/mol. The summed E-state index contributed by atoms with van der Waals surface area (Å²) in [4.78, 5) is 39.5. The molecule has 4 rings (SSSR count). The zero-order chi connectivity index (χ0) is 42.1. The van der Waals surface area contributed by atoms with E-state index in [-0.39, 0.29) is 23.6 Å². The van der Waals surface area contributed by atoms with Gasteiger partial charge in [0.2, 0.25) is 0 Å². The van der Waals surface area contributed by atoms with Gasteiger partial charge in [0.1, 0.15) is 17.6 Å². The molecular formula is C50H60O9. The molecule has 4 atom stereocenters. The van der Waals surface area contributed by atoms with Crippen molar-refractivity contribution < 1.29 is 42.8 Å². The minimum absolute atomic E-state index is 0.222. The summed E-state index contributed by atoms with van der Waals surface area (Å²) in [5, 5.41) is 0. The summed E-state index contributed by atoms with van der Waals surface area (Å²) in [5.74, 6) is -0.986. The Hall–Kier alpha value is -5.35. The van der Waals surface area contributed by atoms with Crippen molar-refractivity contribution in [3.8, 4) is 11.5 Å².